The molecule has 3 N–H and O–H groups in total. The van der Waals surface area contributed by atoms with Gasteiger partial charge in [-0.05, 0) is 39.5 Å². The molecule has 0 radical (unpaired) electrons. The molecule has 20 heavy (non-hydrogen) atoms. The normalized spacial score (nSPS) is 16.6. The molecule has 0 saturated heterocycles. The van der Waals surface area contributed by atoms with Gasteiger partial charge in [0.15, 0.2) is 0 Å². The molecule has 0 bridgehead atoms. The van der Waals surface area contributed by atoms with Crippen molar-refractivity contribution in [2.75, 3.05) is 6.54 Å². The Hall–Kier alpha value is -1.69. The number of hydrogen-bond acceptors (Lipinski definition) is 4. The van der Waals surface area contributed by atoms with E-state index in [0.29, 0.717) is 30.0 Å². The molecular weight excluding hydrogens is 258 g/mol. The number of aromatic nitrogens is 2. The van der Waals surface area contributed by atoms with E-state index in [4.69, 9.17) is 0 Å². The van der Waals surface area contributed by atoms with E-state index in [2.05, 4.69) is 15.3 Å². The Kier molecular flexibility index (Phi) is 4.23. The van der Waals surface area contributed by atoms with Gasteiger partial charge in [-0.15, -0.1) is 0 Å². The van der Waals surface area contributed by atoms with Crippen LogP contribution in [0.1, 0.15) is 42.8 Å². The Labute approximate surface area is 117 Å². The number of rotatable bonds is 5. The van der Waals surface area contributed by atoms with Crippen LogP contribution in [0.2, 0.25) is 0 Å². The molecule has 0 atom stereocenters. The van der Waals surface area contributed by atoms with E-state index in [1.165, 1.54) is 0 Å². The van der Waals surface area contributed by atoms with Crippen LogP contribution >= 0.6 is 0 Å². The van der Waals surface area contributed by atoms with Crippen molar-refractivity contribution in [3.05, 3.63) is 27.4 Å². The summed E-state index contributed by atoms with van der Waals surface area (Å²) < 4.78 is 0. The van der Waals surface area contributed by atoms with Crippen molar-refractivity contribution >= 4 is 5.91 Å². The lowest BCUT2D eigenvalue weighted by molar-refractivity contribution is -0.123. The number of aromatic amines is 1. The first kappa shape index (κ1) is 14.7. The van der Waals surface area contributed by atoms with Gasteiger partial charge >= 0.3 is 0 Å². The molecule has 6 heteroatoms. The highest BCUT2D eigenvalue weighted by molar-refractivity contribution is 5.76. The summed E-state index contributed by atoms with van der Waals surface area (Å²) in [6.07, 6.45) is 3.08. The zero-order valence-corrected chi connectivity index (χ0v) is 12.0. The van der Waals surface area contributed by atoms with Crippen molar-refractivity contribution in [3.8, 4) is 0 Å². The fraction of sp³-hybridized carbons (Fsp3) is 0.643. The molecule has 1 saturated carbocycles. The molecule has 1 aromatic rings. The minimum Gasteiger partial charge on any atom is -0.388 e. The first-order valence-corrected chi connectivity index (χ1v) is 6.95. The maximum atomic E-state index is 11.8. The molecule has 1 aliphatic rings. The second-order valence-electron chi connectivity index (χ2n) is 5.57. The first-order chi connectivity index (χ1) is 9.39. The quantitative estimate of drug-likeness (QED) is 0.725. The number of amides is 1. The Morgan fingerprint density at radius 1 is 1.45 bits per heavy atom. The second kappa shape index (κ2) is 5.75. The third kappa shape index (κ3) is 3.45. The van der Waals surface area contributed by atoms with Crippen LogP contribution in [-0.4, -0.2) is 33.1 Å². The number of nitrogens with zero attached hydrogens (tertiary/aromatic N) is 1. The van der Waals surface area contributed by atoms with Gasteiger partial charge in [0.05, 0.1) is 5.60 Å². The summed E-state index contributed by atoms with van der Waals surface area (Å²) in [5.41, 5.74) is 0.319. The molecule has 6 nitrogen and oxygen atoms in total. The first-order valence-electron chi connectivity index (χ1n) is 6.95. The van der Waals surface area contributed by atoms with Gasteiger partial charge in [-0.1, -0.05) is 0 Å². The van der Waals surface area contributed by atoms with Gasteiger partial charge in [0.2, 0.25) is 5.91 Å². The van der Waals surface area contributed by atoms with E-state index in [9.17, 15) is 14.7 Å². The van der Waals surface area contributed by atoms with Crippen molar-refractivity contribution in [2.45, 2.75) is 51.6 Å². The zero-order valence-electron chi connectivity index (χ0n) is 12.0. The average molecular weight is 279 g/mol. The largest absolute Gasteiger partial charge is 0.388 e. The number of aliphatic hydroxyl groups is 1. The summed E-state index contributed by atoms with van der Waals surface area (Å²) in [5, 5.41) is 12.6. The Morgan fingerprint density at radius 3 is 2.70 bits per heavy atom. The lowest BCUT2D eigenvalue weighted by Gasteiger charge is -2.36. The maximum Gasteiger partial charge on any atom is 0.254 e. The van der Waals surface area contributed by atoms with E-state index in [-0.39, 0.29) is 17.9 Å². The lowest BCUT2D eigenvalue weighted by atomic mass is 9.80. The molecule has 1 aromatic heterocycles. The van der Waals surface area contributed by atoms with Gasteiger partial charge < -0.3 is 15.4 Å². The molecule has 1 fully saturated rings. The SMILES string of the molecule is Cc1nc(C)c(CCC(=O)NCC2(O)CCC2)c(=O)[nH]1. The fourth-order valence-corrected chi connectivity index (χ4v) is 2.40. The average Bonchev–Trinajstić information content (AvgIpc) is 2.32. The van der Waals surface area contributed by atoms with Crippen LogP contribution in [0.15, 0.2) is 4.79 Å². The van der Waals surface area contributed by atoms with Crippen LogP contribution in [0.3, 0.4) is 0 Å². The number of nitrogens with one attached hydrogen (secondary N) is 2. The molecule has 0 aromatic carbocycles. The monoisotopic (exact) mass is 279 g/mol. The third-order valence-electron chi connectivity index (χ3n) is 3.84. The molecular formula is C14H21N3O3. The number of carbonyl (C=O) groups is 1. The summed E-state index contributed by atoms with van der Waals surface area (Å²) in [6, 6.07) is 0. The molecule has 0 spiro atoms. The Balaban J connectivity index is 1.86. The highest BCUT2D eigenvalue weighted by atomic mass is 16.3. The van der Waals surface area contributed by atoms with Crippen LogP contribution in [0.5, 0.6) is 0 Å². The lowest BCUT2D eigenvalue weighted by Crippen LogP contribution is -2.47. The van der Waals surface area contributed by atoms with E-state index in [1.54, 1.807) is 13.8 Å². The predicted molar refractivity (Wildman–Crippen MR) is 74.5 cm³/mol. The number of H-pyrrole nitrogens is 1. The molecule has 2 rings (SSSR count). The smallest absolute Gasteiger partial charge is 0.254 e. The summed E-state index contributed by atoms with van der Waals surface area (Å²) >= 11 is 0. The van der Waals surface area contributed by atoms with Crippen LogP contribution in [0.4, 0.5) is 0 Å². The van der Waals surface area contributed by atoms with Gasteiger partial charge in [-0.3, -0.25) is 9.59 Å². The summed E-state index contributed by atoms with van der Waals surface area (Å²) in [5.74, 6) is 0.428. The zero-order chi connectivity index (χ0) is 14.8. The summed E-state index contributed by atoms with van der Waals surface area (Å²) in [6.45, 7) is 3.80. The second-order valence-corrected chi connectivity index (χ2v) is 5.57. The van der Waals surface area contributed by atoms with Crippen LogP contribution < -0.4 is 10.9 Å². The van der Waals surface area contributed by atoms with Gasteiger partial charge in [0.25, 0.3) is 5.56 Å². The van der Waals surface area contributed by atoms with E-state index in [0.717, 1.165) is 19.3 Å². The van der Waals surface area contributed by atoms with Crippen LogP contribution in [-0.2, 0) is 11.2 Å². The van der Waals surface area contributed by atoms with Crippen LogP contribution in [0, 0.1) is 13.8 Å². The maximum absolute atomic E-state index is 11.8. The molecule has 0 aliphatic heterocycles. The summed E-state index contributed by atoms with van der Waals surface area (Å²) in [4.78, 5) is 30.3. The molecule has 1 heterocycles. The van der Waals surface area contributed by atoms with Gasteiger partial charge in [0, 0.05) is 24.2 Å². The van der Waals surface area contributed by atoms with Crippen molar-refractivity contribution in [2.24, 2.45) is 0 Å². The Morgan fingerprint density at radius 2 is 2.15 bits per heavy atom. The molecule has 110 valence electrons. The minimum absolute atomic E-state index is 0.148. The number of hydrogen-bond donors (Lipinski definition) is 3. The number of carbonyl (C=O) groups excluding carboxylic acids is 1. The molecule has 1 amide bonds. The van der Waals surface area contributed by atoms with Crippen molar-refractivity contribution in [3.63, 3.8) is 0 Å². The van der Waals surface area contributed by atoms with Gasteiger partial charge in [-0.2, -0.15) is 0 Å². The van der Waals surface area contributed by atoms with Crippen molar-refractivity contribution in [1.29, 1.82) is 0 Å². The molecule has 0 unspecified atom stereocenters. The standard InChI is InChI=1S/C14H21N3O3/c1-9-11(13(19)17-10(2)16-9)4-5-12(18)15-8-14(20)6-3-7-14/h20H,3-8H2,1-2H3,(H,15,18)(H,16,17,19). The van der Waals surface area contributed by atoms with Crippen molar-refractivity contribution in [1.82, 2.24) is 15.3 Å². The summed E-state index contributed by atoms with van der Waals surface area (Å²) in [7, 11) is 0. The van der Waals surface area contributed by atoms with Gasteiger partial charge in [-0.25, -0.2) is 4.98 Å². The van der Waals surface area contributed by atoms with E-state index >= 15 is 0 Å². The predicted octanol–water partition coefficient (Wildman–Crippen LogP) is 0.351. The van der Waals surface area contributed by atoms with E-state index < -0.39 is 5.60 Å². The minimum atomic E-state index is -0.714. The number of aryl methyl sites for hydroxylation is 2. The Bertz CT molecular complexity index is 561. The van der Waals surface area contributed by atoms with Crippen molar-refractivity contribution < 1.29 is 9.90 Å². The molecule has 1 aliphatic carbocycles. The van der Waals surface area contributed by atoms with E-state index in [1.807, 2.05) is 0 Å². The van der Waals surface area contributed by atoms with Crippen LogP contribution in [0.25, 0.3) is 0 Å². The topological polar surface area (TPSA) is 95.1 Å². The highest BCUT2D eigenvalue weighted by Crippen LogP contribution is 2.30. The fourth-order valence-electron chi connectivity index (χ4n) is 2.40. The highest BCUT2D eigenvalue weighted by Gasteiger charge is 2.34. The van der Waals surface area contributed by atoms with Gasteiger partial charge in [0.1, 0.15) is 5.82 Å². The third-order valence-corrected chi connectivity index (χ3v) is 3.84.